The molecule has 0 aliphatic carbocycles. The second kappa shape index (κ2) is 7.69. The first kappa shape index (κ1) is 20.8. The van der Waals surface area contributed by atoms with E-state index in [-0.39, 0.29) is 5.65 Å². The first-order valence-electron chi connectivity index (χ1n) is 9.36. The van der Waals surface area contributed by atoms with E-state index in [2.05, 4.69) is 15.3 Å². The van der Waals surface area contributed by atoms with Gasteiger partial charge in [-0.05, 0) is 42.7 Å². The van der Waals surface area contributed by atoms with E-state index in [4.69, 9.17) is 4.74 Å². The van der Waals surface area contributed by atoms with E-state index in [0.29, 0.717) is 47.6 Å². The van der Waals surface area contributed by atoms with E-state index >= 15 is 0 Å². The molecule has 3 aromatic rings. The first-order chi connectivity index (χ1) is 14.7. The van der Waals surface area contributed by atoms with E-state index in [9.17, 15) is 28.2 Å². The second-order valence-electron chi connectivity index (χ2n) is 7.19. The van der Waals surface area contributed by atoms with Crippen LogP contribution in [0.25, 0.3) is 5.65 Å². The Balaban J connectivity index is 1.47. The van der Waals surface area contributed by atoms with Crippen molar-refractivity contribution >= 4 is 17.4 Å². The molecule has 0 amide bonds. The maximum Gasteiger partial charge on any atom is 0.453 e. The largest absolute Gasteiger partial charge is 0.546 e. The van der Waals surface area contributed by atoms with Crippen molar-refractivity contribution in [2.45, 2.75) is 24.6 Å². The Kier molecular flexibility index (Phi) is 5.17. The summed E-state index contributed by atoms with van der Waals surface area (Å²) in [6.07, 6.45) is -4.04. The minimum absolute atomic E-state index is 0.00872. The fraction of sp³-hybridized carbons (Fsp3) is 0.368. The van der Waals surface area contributed by atoms with Crippen LogP contribution in [0.3, 0.4) is 0 Å². The lowest BCUT2D eigenvalue weighted by molar-refractivity contribution is -0.307. The highest BCUT2D eigenvalue weighted by molar-refractivity contribution is 5.66. The van der Waals surface area contributed by atoms with Crippen molar-refractivity contribution in [1.29, 1.82) is 0 Å². The number of ether oxygens (including phenoxy) is 1. The predicted molar refractivity (Wildman–Crippen MR) is 98.1 cm³/mol. The summed E-state index contributed by atoms with van der Waals surface area (Å²) in [5.74, 6) is -1.87. The van der Waals surface area contributed by atoms with Crippen molar-refractivity contribution in [1.82, 2.24) is 19.8 Å². The van der Waals surface area contributed by atoms with Gasteiger partial charge in [-0.2, -0.15) is 17.7 Å². The maximum absolute atomic E-state index is 13.1. The lowest BCUT2D eigenvalue weighted by Crippen LogP contribution is -2.43. The van der Waals surface area contributed by atoms with Crippen molar-refractivity contribution < 1.29 is 32.9 Å². The van der Waals surface area contributed by atoms with Gasteiger partial charge in [0.2, 0.25) is 0 Å². The normalized spacial score (nSPS) is 16.5. The van der Waals surface area contributed by atoms with Crippen LogP contribution in [0.2, 0.25) is 0 Å². The van der Waals surface area contributed by atoms with E-state index in [0.717, 1.165) is 0 Å². The van der Waals surface area contributed by atoms with E-state index in [1.165, 1.54) is 6.07 Å². The van der Waals surface area contributed by atoms with Crippen molar-refractivity contribution in [3.63, 3.8) is 0 Å². The summed E-state index contributed by atoms with van der Waals surface area (Å²) in [6.45, 7) is 0.154. The Labute approximate surface area is 173 Å². The van der Waals surface area contributed by atoms with Crippen molar-refractivity contribution in [2.24, 2.45) is 0 Å². The number of carboxylic acid groups (broad SMARTS) is 1. The summed E-state index contributed by atoms with van der Waals surface area (Å²) in [5.41, 5.74) is -0.513. The Morgan fingerprint density at radius 3 is 2.42 bits per heavy atom. The number of carbonyl (C=O) groups is 1. The molecule has 1 aliphatic heterocycles. The number of carboxylic acids is 1. The van der Waals surface area contributed by atoms with Crippen LogP contribution in [-0.2, 0) is 16.6 Å². The number of anilines is 1. The molecule has 12 heteroatoms. The predicted octanol–water partition coefficient (Wildman–Crippen LogP) is 0.760. The van der Waals surface area contributed by atoms with Gasteiger partial charge in [-0.25, -0.2) is 0 Å². The summed E-state index contributed by atoms with van der Waals surface area (Å²) in [5, 5.41) is 32.2. The zero-order valence-corrected chi connectivity index (χ0v) is 16.0. The quantitative estimate of drug-likeness (QED) is 0.623. The number of fused-ring (bicyclic) bond motifs is 1. The second-order valence-corrected chi connectivity index (χ2v) is 7.19. The summed E-state index contributed by atoms with van der Waals surface area (Å²) in [4.78, 5) is 12.2. The van der Waals surface area contributed by atoms with Crippen molar-refractivity contribution in [3.8, 4) is 5.75 Å². The molecule has 1 aromatic carbocycles. The molecule has 0 saturated carbocycles. The molecule has 9 nitrogen and oxygen atoms in total. The molecule has 1 N–H and O–H groups in total. The molecule has 0 radical (unpaired) electrons. The Hall–Kier alpha value is -3.41. The number of halogens is 3. The van der Waals surface area contributed by atoms with Gasteiger partial charge in [0.1, 0.15) is 18.2 Å². The molecule has 0 bridgehead atoms. The van der Waals surface area contributed by atoms with Gasteiger partial charge in [-0.1, -0.05) is 12.1 Å². The van der Waals surface area contributed by atoms with Gasteiger partial charge < -0.3 is 24.6 Å². The van der Waals surface area contributed by atoms with Gasteiger partial charge in [-0.15, -0.1) is 15.3 Å². The number of aliphatic hydroxyl groups is 1. The molecule has 0 atom stereocenters. The lowest BCUT2D eigenvalue weighted by Gasteiger charge is -2.39. The molecule has 1 fully saturated rings. The maximum atomic E-state index is 13.1. The average Bonchev–Trinajstić information content (AvgIpc) is 3.17. The molecule has 3 heterocycles. The third-order valence-electron chi connectivity index (χ3n) is 5.17. The van der Waals surface area contributed by atoms with E-state index < -0.39 is 30.2 Å². The summed E-state index contributed by atoms with van der Waals surface area (Å²) >= 11 is 0. The Morgan fingerprint density at radius 1 is 1.13 bits per heavy atom. The zero-order chi connectivity index (χ0) is 22.2. The zero-order valence-electron chi connectivity index (χ0n) is 16.0. The molecular formula is C19H17F3N5O4-. The van der Waals surface area contributed by atoms with E-state index in [1.54, 1.807) is 35.2 Å². The van der Waals surface area contributed by atoms with Crippen LogP contribution in [0.5, 0.6) is 5.75 Å². The van der Waals surface area contributed by atoms with Gasteiger partial charge in [-0.3, -0.25) is 0 Å². The number of aliphatic carboxylic acids is 1. The molecule has 164 valence electrons. The number of nitrogens with zero attached hydrogens (tertiary/aromatic N) is 5. The van der Waals surface area contributed by atoms with Crippen LogP contribution in [0.4, 0.5) is 19.0 Å². The van der Waals surface area contributed by atoms with E-state index in [1.807, 2.05) is 0 Å². The number of aromatic nitrogens is 4. The number of alkyl halides is 3. The van der Waals surface area contributed by atoms with Crippen LogP contribution < -0.4 is 14.7 Å². The fourth-order valence-corrected chi connectivity index (χ4v) is 3.52. The third kappa shape index (κ3) is 4.24. The molecule has 1 saturated heterocycles. The fourth-order valence-electron chi connectivity index (χ4n) is 3.52. The molecule has 31 heavy (non-hydrogen) atoms. The van der Waals surface area contributed by atoms with Crippen LogP contribution >= 0.6 is 0 Å². The summed E-state index contributed by atoms with van der Waals surface area (Å²) in [7, 11) is 0. The van der Waals surface area contributed by atoms with Gasteiger partial charge in [0, 0.05) is 13.1 Å². The number of benzene rings is 1. The Bertz CT molecular complexity index is 1090. The average molecular weight is 436 g/mol. The number of hydrogen-bond acceptors (Lipinski definition) is 8. The monoisotopic (exact) mass is 436 g/mol. The molecule has 1 aliphatic rings. The summed E-state index contributed by atoms with van der Waals surface area (Å²) in [6, 6.07) is 9.40. The van der Waals surface area contributed by atoms with Crippen molar-refractivity contribution in [3.05, 3.63) is 47.8 Å². The molecule has 4 rings (SSSR count). The topological polar surface area (TPSA) is 116 Å². The highest BCUT2D eigenvalue weighted by Gasteiger charge is 2.38. The van der Waals surface area contributed by atoms with Crippen LogP contribution in [0.1, 0.15) is 24.2 Å². The lowest BCUT2D eigenvalue weighted by atomic mass is 9.84. The van der Waals surface area contributed by atoms with Crippen LogP contribution in [-0.4, -0.2) is 50.6 Å². The minimum atomic E-state index is -4.68. The van der Waals surface area contributed by atoms with Gasteiger partial charge >= 0.3 is 6.18 Å². The summed E-state index contributed by atoms with van der Waals surface area (Å²) < 4.78 is 44.9. The molecule has 0 unspecified atom stereocenters. The number of rotatable bonds is 5. The number of piperidine rings is 1. The Morgan fingerprint density at radius 2 is 1.81 bits per heavy atom. The van der Waals surface area contributed by atoms with Gasteiger partial charge in [0.25, 0.3) is 5.82 Å². The third-order valence-corrected chi connectivity index (χ3v) is 5.17. The molecular weight excluding hydrogens is 419 g/mol. The molecule has 2 aromatic heterocycles. The van der Waals surface area contributed by atoms with Crippen LogP contribution in [0.15, 0.2) is 36.4 Å². The number of carbonyl (C=O) groups excluding carboxylic acids is 1. The first-order valence-corrected chi connectivity index (χ1v) is 9.36. The standard InChI is InChI=1S/C19H18F3N5O4/c20-19(21,22)17-24-23-14-5-6-15(25-27(14)17)26-9-7-18(30,8-10-26)12-1-3-13(4-2-12)31-11-16(28)29/h1-6,30H,7-11H2,(H,28,29)/p-1. The minimum Gasteiger partial charge on any atom is -0.546 e. The highest BCUT2D eigenvalue weighted by atomic mass is 19.4. The molecule has 0 spiro atoms. The van der Waals surface area contributed by atoms with Crippen LogP contribution in [0, 0.1) is 0 Å². The van der Waals surface area contributed by atoms with Crippen molar-refractivity contribution in [2.75, 3.05) is 24.6 Å². The highest BCUT2D eigenvalue weighted by Crippen LogP contribution is 2.35. The van der Waals surface area contributed by atoms with Gasteiger partial charge in [0.05, 0.1) is 11.6 Å². The number of hydrogen-bond donors (Lipinski definition) is 1. The SMILES string of the molecule is O=C([O-])COc1ccc(C2(O)CCN(c3ccc4nnc(C(F)(F)F)n4n3)CC2)cc1. The smallest absolute Gasteiger partial charge is 0.453 e. The van der Waals surface area contributed by atoms with Gasteiger partial charge in [0.15, 0.2) is 5.65 Å².